The lowest BCUT2D eigenvalue weighted by atomic mass is 9.98. The summed E-state index contributed by atoms with van der Waals surface area (Å²) in [5.41, 5.74) is 0.682. The van der Waals surface area contributed by atoms with Crippen molar-refractivity contribution >= 4 is 21.7 Å². The summed E-state index contributed by atoms with van der Waals surface area (Å²) in [5, 5.41) is 0. The van der Waals surface area contributed by atoms with E-state index in [4.69, 9.17) is 4.74 Å². The number of hydrogen-bond acceptors (Lipinski definition) is 4. The van der Waals surface area contributed by atoms with Crippen LogP contribution in [-0.2, 0) is 14.8 Å². The maximum atomic E-state index is 12.5. The van der Waals surface area contributed by atoms with Crippen molar-refractivity contribution in [2.24, 2.45) is 0 Å². The molecule has 1 aromatic carbocycles. The van der Waals surface area contributed by atoms with Gasteiger partial charge < -0.3 is 4.74 Å². The highest BCUT2D eigenvalue weighted by Gasteiger charge is 2.25. The first-order chi connectivity index (χ1) is 11.0. The fourth-order valence-electron chi connectivity index (χ4n) is 2.86. The third-order valence-corrected chi connectivity index (χ3v) is 6.12. The van der Waals surface area contributed by atoms with E-state index in [-0.39, 0.29) is 11.9 Å². The molecule has 0 aromatic heterocycles. The van der Waals surface area contributed by atoms with Crippen molar-refractivity contribution in [1.29, 1.82) is 0 Å². The standard InChI is InChI=1S/C17H25NO4S/c1-3-13-23(20,21)18(2)16-12-8-7-11-15(16)17(19)22-14-9-5-4-6-10-14/h7-8,11-12,14H,3-6,9-10,13H2,1-2H3. The van der Waals surface area contributed by atoms with Gasteiger partial charge in [-0.05, 0) is 44.2 Å². The van der Waals surface area contributed by atoms with Gasteiger partial charge in [0.1, 0.15) is 6.10 Å². The molecule has 1 aliphatic rings. The second-order valence-corrected chi connectivity index (χ2v) is 8.09. The molecule has 0 atom stereocenters. The molecule has 5 nitrogen and oxygen atoms in total. The van der Waals surface area contributed by atoms with Crippen LogP contribution < -0.4 is 4.31 Å². The fraction of sp³-hybridized carbons (Fsp3) is 0.588. The molecule has 0 bridgehead atoms. The van der Waals surface area contributed by atoms with Gasteiger partial charge in [-0.25, -0.2) is 13.2 Å². The minimum Gasteiger partial charge on any atom is -0.459 e. The number of carbonyl (C=O) groups is 1. The Labute approximate surface area is 138 Å². The van der Waals surface area contributed by atoms with E-state index >= 15 is 0 Å². The average Bonchev–Trinajstić information content (AvgIpc) is 2.55. The summed E-state index contributed by atoms with van der Waals surface area (Å²) >= 11 is 0. The lowest BCUT2D eigenvalue weighted by Gasteiger charge is -2.24. The van der Waals surface area contributed by atoms with Crippen LogP contribution in [0.1, 0.15) is 55.8 Å². The second kappa shape index (κ2) is 7.81. The Morgan fingerprint density at radius 1 is 1.22 bits per heavy atom. The lowest BCUT2D eigenvalue weighted by Crippen LogP contribution is -2.31. The maximum absolute atomic E-state index is 12.5. The number of ether oxygens (including phenoxy) is 1. The predicted octanol–water partition coefficient (Wildman–Crippen LogP) is 3.35. The van der Waals surface area contributed by atoms with Gasteiger partial charge in [0.05, 0.1) is 17.0 Å². The largest absolute Gasteiger partial charge is 0.459 e. The Morgan fingerprint density at radius 2 is 1.87 bits per heavy atom. The van der Waals surface area contributed by atoms with Crippen molar-refractivity contribution < 1.29 is 17.9 Å². The van der Waals surface area contributed by atoms with E-state index in [9.17, 15) is 13.2 Å². The molecule has 0 heterocycles. The molecule has 0 saturated heterocycles. The molecule has 0 spiro atoms. The van der Waals surface area contributed by atoms with E-state index in [1.807, 2.05) is 6.92 Å². The number of para-hydroxylation sites is 1. The van der Waals surface area contributed by atoms with Gasteiger partial charge in [-0.1, -0.05) is 25.5 Å². The lowest BCUT2D eigenvalue weighted by molar-refractivity contribution is 0.0212. The van der Waals surface area contributed by atoms with E-state index < -0.39 is 16.0 Å². The summed E-state index contributed by atoms with van der Waals surface area (Å²) in [6, 6.07) is 6.72. The molecule has 2 rings (SSSR count). The smallest absolute Gasteiger partial charge is 0.340 e. The van der Waals surface area contributed by atoms with E-state index in [0.29, 0.717) is 17.7 Å². The van der Waals surface area contributed by atoms with Crippen molar-refractivity contribution in [1.82, 2.24) is 0 Å². The summed E-state index contributed by atoms with van der Waals surface area (Å²) in [4.78, 5) is 12.5. The van der Waals surface area contributed by atoms with Crippen LogP contribution in [0.25, 0.3) is 0 Å². The molecule has 128 valence electrons. The van der Waals surface area contributed by atoms with Gasteiger partial charge in [0.2, 0.25) is 10.0 Å². The van der Waals surface area contributed by atoms with Gasteiger partial charge >= 0.3 is 5.97 Å². The van der Waals surface area contributed by atoms with Crippen molar-refractivity contribution in [3.05, 3.63) is 29.8 Å². The molecule has 0 aliphatic heterocycles. The van der Waals surface area contributed by atoms with Gasteiger partial charge in [-0.3, -0.25) is 4.31 Å². The summed E-state index contributed by atoms with van der Waals surface area (Å²) in [7, 11) is -1.94. The number of nitrogens with zero attached hydrogens (tertiary/aromatic N) is 1. The molecule has 1 fully saturated rings. The highest BCUT2D eigenvalue weighted by atomic mass is 32.2. The minimum atomic E-state index is -3.43. The Hall–Kier alpha value is -1.56. The zero-order valence-electron chi connectivity index (χ0n) is 13.8. The summed E-state index contributed by atoms with van der Waals surface area (Å²) in [6.07, 6.45) is 5.58. The quantitative estimate of drug-likeness (QED) is 0.746. The highest BCUT2D eigenvalue weighted by Crippen LogP contribution is 2.26. The van der Waals surface area contributed by atoms with Crippen LogP contribution in [0.2, 0.25) is 0 Å². The van der Waals surface area contributed by atoms with Gasteiger partial charge in [0, 0.05) is 7.05 Å². The summed E-state index contributed by atoms with van der Waals surface area (Å²) in [6.45, 7) is 1.81. The van der Waals surface area contributed by atoms with Gasteiger partial charge in [0.15, 0.2) is 0 Å². The van der Waals surface area contributed by atoms with Crippen LogP contribution >= 0.6 is 0 Å². The number of sulfonamides is 1. The van der Waals surface area contributed by atoms with Crippen LogP contribution in [0.15, 0.2) is 24.3 Å². The predicted molar refractivity (Wildman–Crippen MR) is 91.2 cm³/mol. The molecule has 0 radical (unpaired) electrons. The normalized spacial score (nSPS) is 16.1. The molecular formula is C17H25NO4S. The SMILES string of the molecule is CCCS(=O)(=O)N(C)c1ccccc1C(=O)OC1CCCCC1. The summed E-state index contributed by atoms with van der Waals surface area (Å²) in [5.74, 6) is -0.388. The first-order valence-corrected chi connectivity index (χ1v) is 9.83. The highest BCUT2D eigenvalue weighted by molar-refractivity contribution is 7.92. The number of benzene rings is 1. The average molecular weight is 339 g/mol. The molecular weight excluding hydrogens is 314 g/mol. The van der Waals surface area contributed by atoms with Crippen LogP contribution in [0.5, 0.6) is 0 Å². The van der Waals surface area contributed by atoms with Crippen molar-refractivity contribution in [2.75, 3.05) is 17.1 Å². The van der Waals surface area contributed by atoms with E-state index in [1.165, 1.54) is 17.8 Å². The Morgan fingerprint density at radius 3 is 2.52 bits per heavy atom. The van der Waals surface area contributed by atoms with Gasteiger partial charge in [-0.2, -0.15) is 0 Å². The molecule has 1 aromatic rings. The van der Waals surface area contributed by atoms with Crippen molar-refractivity contribution in [3.63, 3.8) is 0 Å². The summed E-state index contributed by atoms with van der Waals surface area (Å²) < 4.78 is 31.3. The number of esters is 1. The molecule has 0 amide bonds. The minimum absolute atomic E-state index is 0.0511. The van der Waals surface area contributed by atoms with E-state index in [0.717, 1.165) is 25.7 Å². The number of hydrogen-bond donors (Lipinski definition) is 0. The molecule has 6 heteroatoms. The molecule has 0 N–H and O–H groups in total. The van der Waals surface area contributed by atoms with Crippen LogP contribution in [-0.4, -0.2) is 33.3 Å². The van der Waals surface area contributed by atoms with Crippen molar-refractivity contribution in [2.45, 2.75) is 51.6 Å². The van der Waals surface area contributed by atoms with Crippen LogP contribution in [0.3, 0.4) is 0 Å². The third kappa shape index (κ3) is 4.47. The Bertz CT molecular complexity index is 636. The maximum Gasteiger partial charge on any atom is 0.340 e. The zero-order valence-corrected chi connectivity index (χ0v) is 14.6. The van der Waals surface area contributed by atoms with Gasteiger partial charge in [-0.15, -0.1) is 0 Å². The molecule has 1 aliphatic carbocycles. The fourth-order valence-corrected chi connectivity index (χ4v) is 4.11. The first-order valence-electron chi connectivity index (χ1n) is 8.22. The van der Waals surface area contributed by atoms with E-state index in [2.05, 4.69) is 0 Å². The number of carbonyl (C=O) groups excluding carboxylic acids is 1. The van der Waals surface area contributed by atoms with Crippen molar-refractivity contribution in [3.8, 4) is 0 Å². The van der Waals surface area contributed by atoms with Crippen LogP contribution in [0.4, 0.5) is 5.69 Å². The monoisotopic (exact) mass is 339 g/mol. The first kappa shape index (κ1) is 17.8. The Balaban J connectivity index is 2.21. The number of anilines is 1. The Kier molecular flexibility index (Phi) is 6.04. The van der Waals surface area contributed by atoms with Crippen LogP contribution in [0, 0.1) is 0 Å². The third-order valence-electron chi connectivity index (χ3n) is 4.17. The zero-order chi connectivity index (χ0) is 16.9. The van der Waals surface area contributed by atoms with E-state index in [1.54, 1.807) is 24.3 Å². The topological polar surface area (TPSA) is 63.7 Å². The molecule has 0 unspecified atom stereocenters. The second-order valence-electron chi connectivity index (χ2n) is 5.97. The van der Waals surface area contributed by atoms with Gasteiger partial charge in [0.25, 0.3) is 0 Å². The number of rotatable bonds is 6. The molecule has 23 heavy (non-hydrogen) atoms. The molecule has 1 saturated carbocycles.